The molecule has 0 heterocycles. The van der Waals surface area contributed by atoms with E-state index in [-0.39, 0.29) is 6.10 Å². The van der Waals surface area contributed by atoms with Crippen molar-refractivity contribution in [2.24, 2.45) is 0 Å². The predicted molar refractivity (Wildman–Crippen MR) is 82.2 cm³/mol. The molecule has 0 aliphatic carbocycles. The summed E-state index contributed by atoms with van der Waals surface area (Å²) in [6.07, 6.45) is 1.09. The van der Waals surface area contributed by atoms with Gasteiger partial charge in [-0.3, -0.25) is 0 Å². The van der Waals surface area contributed by atoms with Crippen LogP contribution >= 0.6 is 0 Å². The van der Waals surface area contributed by atoms with Crippen LogP contribution in [0, 0.1) is 0 Å². The van der Waals surface area contributed by atoms with Crippen molar-refractivity contribution in [2.45, 2.75) is 31.8 Å². The Kier molecular flexibility index (Phi) is 5.19. The highest BCUT2D eigenvalue weighted by Gasteiger charge is 2.13. The van der Waals surface area contributed by atoms with Crippen molar-refractivity contribution in [2.75, 3.05) is 7.11 Å². The largest absolute Gasteiger partial charge is 0.497 e. The van der Waals surface area contributed by atoms with Gasteiger partial charge in [-0.2, -0.15) is 0 Å². The summed E-state index contributed by atoms with van der Waals surface area (Å²) in [7, 11) is 1.66. The number of aliphatic hydroxyl groups excluding tert-OH is 1. The standard InChI is InChI=1S/C18H22O2/c1-14(16-8-4-3-5-9-16)11-17(19)12-15-7-6-10-18(13-15)20-2/h3-10,13-14,17,19H,11-12H2,1-2H3. The molecule has 0 saturated heterocycles. The van der Waals surface area contributed by atoms with Gasteiger partial charge in [0.25, 0.3) is 0 Å². The average molecular weight is 270 g/mol. The molecule has 2 aromatic rings. The molecule has 106 valence electrons. The Labute approximate surface area is 121 Å². The summed E-state index contributed by atoms with van der Waals surface area (Å²) < 4.78 is 5.21. The van der Waals surface area contributed by atoms with E-state index >= 15 is 0 Å². The molecular formula is C18H22O2. The molecule has 2 nitrogen and oxygen atoms in total. The maximum atomic E-state index is 10.3. The van der Waals surface area contributed by atoms with Gasteiger partial charge in [-0.15, -0.1) is 0 Å². The van der Waals surface area contributed by atoms with Crippen LogP contribution in [0.4, 0.5) is 0 Å². The lowest BCUT2D eigenvalue weighted by atomic mass is 9.92. The van der Waals surface area contributed by atoms with Gasteiger partial charge in [0.1, 0.15) is 5.75 Å². The van der Waals surface area contributed by atoms with Gasteiger partial charge in [0, 0.05) is 0 Å². The van der Waals surface area contributed by atoms with Crippen LogP contribution in [-0.4, -0.2) is 18.3 Å². The van der Waals surface area contributed by atoms with E-state index in [2.05, 4.69) is 19.1 Å². The maximum absolute atomic E-state index is 10.3. The summed E-state index contributed by atoms with van der Waals surface area (Å²) in [6, 6.07) is 18.2. The van der Waals surface area contributed by atoms with Gasteiger partial charge < -0.3 is 9.84 Å². The summed E-state index contributed by atoms with van der Waals surface area (Å²) in [4.78, 5) is 0. The molecule has 0 fully saturated rings. The molecular weight excluding hydrogens is 248 g/mol. The van der Waals surface area contributed by atoms with Crippen molar-refractivity contribution in [1.29, 1.82) is 0 Å². The Hall–Kier alpha value is -1.80. The molecule has 2 aromatic carbocycles. The first-order chi connectivity index (χ1) is 9.69. The van der Waals surface area contributed by atoms with Crippen molar-refractivity contribution in [1.82, 2.24) is 0 Å². The van der Waals surface area contributed by atoms with E-state index in [0.717, 1.165) is 17.7 Å². The first kappa shape index (κ1) is 14.6. The number of rotatable bonds is 6. The van der Waals surface area contributed by atoms with Crippen molar-refractivity contribution >= 4 is 0 Å². The van der Waals surface area contributed by atoms with Gasteiger partial charge in [0.15, 0.2) is 0 Å². The van der Waals surface area contributed by atoms with Crippen LogP contribution in [-0.2, 0) is 6.42 Å². The van der Waals surface area contributed by atoms with E-state index in [1.54, 1.807) is 7.11 Å². The first-order valence-electron chi connectivity index (χ1n) is 7.05. The summed E-state index contributed by atoms with van der Waals surface area (Å²) in [6.45, 7) is 2.16. The van der Waals surface area contributed by atoms with E-state index < -0.39 is 0 Å². The number of ether oxygens (including phenoxy) is 1. The average Bonchev–Trinajstić information content (AvgIpc) is 2.48. The molecule has 0 aliphatic rings. The van der Waals surface area contributed by atoms with Gasteiger partial charge in [-0.1, -0.05) is 49.4 Å². The van der Waals surface area contributed by atoms with Crippen molar-refractivity contribution in [3.05, 3.63) is 65.7 Å². The molecule has 0 amide bonds. The fourth-order valence-corrected chi connectivity index (χ4v) is 2.48. The van der Waals surface area contributed by atoms with E-state index in [9.17, 15) is 5.11 Å². The Morgan fingerprint density at radius 2 is 1.80 bits per heavy atom. The third kappa shape index (κ3) is 4.10. The van der Waals surface area contributed by atoms with Crippen LogP contribution in [0.1, 0.15) is 30.4 Å². The Balaban J connectivity index is 1.93. The molecule has 20 heavy (non-hydrogen) atoms. The fraction of sp³-hybridized carbons (Fsp3) is 0.333. The number of benzene rings is 2. The van der Waals surface area contributed by atoms with Gasteiger partial charge in [-0.05, 0) is 42.0 Å². The highest BCUT2D eigenvalue weighted by molar-refractivity contribution is 5.29. The fourth-order valence-electron chi connectivity index (χ4n) is 2.48. The minimum atomic E-state index is -0.336. The van der Waals surface area contributed by atoms with Gasteiger partial charge in [0.05, 0.1) is 13.2 Å². The number of hydrogen-bond acceptors (Lipinski definition) is 2. The van der Waals surface area contributed by atoms with E-state index in [1.807, 2.05) is 42.5 Å². The lowest BCUT2D eigenvalue weighted by Crippen LogP contribution is -2.14. The summed E-state index contributed by atoms with van der Waals surface area (Å²) >= 11 is 0. The summed E-state index contributed by atoms with van der Waals surface area (Å²) in [5.41, 5.74) is 2.38. The third-order valence-electron chi connectivity index (χ3n) is 3.60. The Morgan fingerprint density at radius 3 is 2.50 bits per heavy atom. The molecule has 0 aromatic heterocycles. The topological polar surface area (TPSA) is 29.5 Å². The SMILES string of the molecule is COc1cccc(CC(O)CC(C)c2ccccc2)c1. The van der Waals surface area contributed by atoms with E-state index in [1.165, 1.54) is 5.56 Å². The number of hydrogen-bond donors (Lipinski definition) is 1. The van der Waals surface area contributed by atoms with Gasteiger partial charge >= 0.3 is 0 Å². The maximum Gasteiger partial charge on any atom is 0.119 e. The van der Waals surface area contributed by atoms with E-state index in [0.29, 0.717) is 12.3 Å². The Bertz CT molecular complexity index is 522. The highest BCUT2D eigenvalue weighted by Crippen LogP contribution is 2.22. The third-order valence-corrected chi connectivity index (χ3v) is 3.60. The minimum Gasteiger partial charge on any atom is -0.497 e. The molecule has 2 unspecified atom stereocenters. The zero-order valence-corrected chi connectivity index (χ0v) is 12.1. The lowest BCUT2D eigenvalue weighted by molar-refractivity contribution is 0.157. The van der Waals surface area contributed by atoms with Crippen LogP contribution in [0.25, 0.3) is 0 Å². The van der Waals surface area contributed by atoms with Crippen LogP contribution < -0.4 is 4.74 Å². The van der Waals surface area contributed by atoms with Crippen molar-refractivity contribution < 1.29 is 9.84 Å². The van der Waals surface area contributed by atoms with Gasteiger partial charge in [0.2, 0.25) is 0 Å². The summed E-state index contributed by atoms with van der Waals surface area (Å²) in [5.74, 6) is 1.20. The van der Waals surface area contributed by atoms with Crippen LogP contribution in [0.5, 0.6) is 5.75 Å². The second kappa shape index (κ2) is 7.11. The molecule has 0 saturated carbocycles. The molecule has 2 atom stereocenters. The van der Waals surface area contributed by atoms with Crippen molar-refractivity contribution in [3.8, 4) is 5.75 Å². The normalized spacial score (nSPS) is 13.8. The zero-order valence-electron chi connectivity index (χ0n) is 12.1. The molecule has 0 radical (unpaired) electrons. The molecule has 2 heteroatoms. The quantitative estimate of drug-likeness (QED) is 0.865. The minimum absolute atomic E-state index is 0.336. The number of aliphatic hydroxyl groups is 1. The van der Waals surface area contributed by atoms with Crippen molar-refractivity contribution in [3.63, 3.8) is 0 Å². The Morgan fingerprint density at radius 1 is 1.05 bits per heavy atom. The molecule has 0 bridgehead atoms. The smallest absolute Gasteiger partial charge is 0.119 e. The molecule has 0 spiro atoms. The lowest BCUT2D eigenvalue weighted by Gasteiger charge is -2.17. The molecule has 1 N–H and O–H groups in total. The highest BCUT2D eigenvalue weighted by atomic mass is 16.5. The van der Waals surface area contributed by atoms with E-state index in [4.69, 9.17) is 4.74 Å². The van der Waals surface area contributed by atoms with Gasteiger partial charge in [-0.25, -0.2) is 0 Å². The number of methoxy groups -OCH3 is 1. The second-order valence-corrected chi connectivity index (χ2v) is 5.26. The van der Waals surface area contributed by atoms with Crippen LogP contribution in [0.15, 0.2) is 54.6 Å². The second-order valence-electron chi connectivity index (χ2n) is 5.26. The zero-order chi connectivity index (χ0) is 14.4. The van der Waals surface area contributed by atoms with Crippen LogP contribution in [0.3, 0.4) is 0 Å². The van der Waals surface area contributed by atoms with Crippen LogP contribution in [0.2, 0.25) is 0 Å². The molecule has 2 rings (SSSR count). The predicted octanol–water partition coefficient (Wildman–Crippen LogP) is 3.79. The first-order valence-corrected chi connectivity index (χ1v) is 7.05. The summed E-state index contributed by atoms with van der Waals surface area (Å²) in [5, 5.41) is 10.3. The molecule has 0 aliphatic heterocycles. The monoisotopic (exact) mass is 270 g/mol.